The molecule has 0 aliphatic rings. The van der Waals surface area contributed by atoms with Gasteiger partial charge >= 0.3 is 0 Å². The number of anilines is 1. The molecule has 0 aromatic heterocycles. The lowest BCUT2D eigenvalue weighted by Gasteiger charge is -2.10. The van der Waals surface area contributed by atoms with Crippen LogP contribution in [0.1, 0.15) is 6.92 Å². The second kappa shape index (κ2) is 9.89. The summed E-state index contributed by atoms with van der Waals surface area (Å²) in [6.45, 7) is 2.11. The van der Waals surface area contributed by atoms with Crippen LogP contribution in [-0.2, 0) is 9.59 Å². The number of halogens is 2. The fourth-order valence-corrected chi connectivity index (χ4v) is 2.29. The Balaban J connectivity index is 1.81. The van der Waals surface area contributed by atoms with Crippen molar-refractivity contribution < 1.29 is 19.1 Å². The fraction of sp³-hybridized carbons (Fsp3) is 0.222. The Morgan fingerprint density at radius 3 is 2.35 bits per heavy atom. The second-order valence-corrected chi connectivity index (χ2v) is 6.02. The van der Waals surface area contributed by atoms with E-state index in [9.17, 15) is 9.59 Å². The van der Waals surface area contributed by atoms with E-state index in [1.807, 2.05) is 6.92 Å². The van der Waals surface area contributed by atoms with E-state index in [1.54, 1.807) is 36.4 Å². The van der Waals surface area contributed by atoms with Crippen LogP contribution in [0.15, 0.2) is 42.5 Å². The number of hydrogen-bond donors (Lipinski definition) is 2. The highest BCUT2D eigenvalue weighted by Crippen LogP contribution is 2.27. The van der Waals surface area contributed by atoms with Gasteiger partial charge in [-0.3, -0.25) is 9.59 Å². The molecule has 0 aliphatic carbocycles. The van der Waals surface area contributed by atoms with Crippen LogP contribution < -0.4 is 20.1 Å². The maximum absolute atomic E-state index is 12.0. The summed E-state index contributed by atoms with van der Waals surface area (Å²) in [5.41, 5.74) is 0.571. The van der Waals surface area contributed by atoms with Crippen LogP contribution >= 0.6 is 23.2 Å². The zero-order valence-corrected chi connectivity index (χ0v) is 15.6. The largest absolute Gasteiger partial charge is 0.484 e. The van der Waals surface area contributed by atoms with E-state index in [-0.39, 0.29) is 25.0 Å². The quantitative estimate of drug-likeness (QED) is 0.715. The number of benzene rings is 2. The number of likely N-dealkylation sites (N-methyl/N-ethyl adjacent to an activating group) is 1. The van der Waals surface area contributed by atoms with Crippen LogP contribution in [0, 0.1) is 0 Å². The Morgan fingerprint density at radius 2 is 1.65 bits per heavy atom. The van der Waals surface area contributed by atoms with Crippen molar-refractivity contribution in [3.63, 3.8) is 0 Å². The summed E-state index contributed by atoms with van der Waals surface area (Å²) in [5, 5.41) is 6.16. The van der Waals surface area contributed by atoms with Gasteiger partial charge in [-0.1, -0.05) is 23.2 Å². The van der Waals surface area contributed by atoms with Gasteiger partial charge in [-0.25, -0.2) is 0 Å². The smallest absolute Gasteiger partial charge is 0.262 e. The average Bonchev–Trinajstić information content (AvgIpc) is 2.62. The summed E-state index contributed by atoms with van der Waals surface area (Å²) in [6, 6.07) is 11.4. The molecule has 8 heteroatoms. The number of hydrogen-bond acceptors (Lipinski definition) is 4. The number of nitrogens with one attached hydrogen (secondary N) is 2. The van der Waals surface area contributed by atoms with Crippen LogP contribution in [0.2, 0.25) is 10.0 Å². The normalized spacial score (nSPS) is 10.1. The van der Waals surface area contributed by atoms with Crippen molar-refractivity contribution in [2.75, 3.05) is 25.1 Å². The summed E-state index contributed by atoms with van der Waals surface area (Å²) in [4.78, 5) is 23.3. The standard InChI is InChI=1S/C18H18Cl2N2O4/c1-2-21-17(23)10-25-14-6-4-13(5-7-14)22-18(24)11-26-16-9-12(19)3-8-15(16)20/h3-9H,2,10-11H2,1H3,(H,21,23)(H,22,24). The van der Waals surface area contributed by atoms with Gasteiger partial charge in [0.05, 0.1) is 5.02 Å². The Labute approximate surface area is 161 Å². The van der Waals surface area contributed by atoms with Gasteiger partial charge in [-0.05, 0) is 43.3 Å². The topological polar surface area (TPSA) is 76.7 Å². The van der Waals surface area contributed by atoms with Crippen molar-refractivity contribution in [3.8, 4) is 11.5 Å². The van der Waals surface area contributed by atoms with Gasteiger partial charge in [0.1, 0.15) is 11.5 Å². The number of amides is 2. The highest BCUT2D eigenvalue weighted by Gasteiger charge is 2.08. The van der Waals surface area contributed by atoms with E-state index in [4.69, 9.17) is 32.7 Å². The van der Waals surface area contributed by atoms with Crippen molar-refractivity contribution in [1.82, 2.24) is 5.32 Å². The minimum atomic E-state index is -0.350. The Hall–Kier alpha value is -2.44. The molecule has 2 N–H and O–H groups in total. The summed E-state index contributed by atoms with van der Waals surface area (Å²) in [5.74, 6) is 0.318. The molecule has 138 valence electrons. The SMILES string of the molecule is CCNC(=O)COc1ccc(NC(=O)COc2cc(Cl)ccc2Cl)cc1. The predicted molar refractivity (Wildman–Crippen MR) is 101 cm³/mol. The molecule has 0 unspecified atom stereocenters. The molecular weight excluding hydrogens is 379 g/mol. The van der Waals surface area contributed by atoms with Gasteiger partial charge in [0, 0.05) is 23.3 Å². The predicted octanol–water partition coefficient (Wildman–Crippen LogP) is 3.53. The zero-order valence-electron chi connectivity index (χ0n) is 14.1. The molecule has 2 amide bonds. The number of ether oxygens (including phenoxy) is 2. The molecule has 2 aromatic carbocycles. The first-order valence-corrected chi connectivity index (χ1v) is 8.60. The molecule has 2 rings (SSSR count). The monoisotopic (exact) mass is 396 g/mol. The molecule has 6 nitrogen and oxygen atoms in total. The molecule has 26 heavy (non-hydrogen) atoms. The van der Waals surface area contributed by atoms with E-state index in [2.05, 4.69) is 10.6 Å². The summed E-state index contributed by atoms with van der Waals surface area (Å²) >= 11 is 11.8. The third kappa shape index (κ3) is 6.46. The van der Waals surface area contributed by atoms with E-state index in [0.717, 1.165) is 0 Å². The minimum absolute atomic E-state index is 0.0617. The molecular formula is C18H18Cl2N2O4. The number of rotatable bonds is 8. The molecule has 0 spiro atoms. The van der Waals surface area contributed by atoms with Gasteiger partial charge in [-0.2, -0.15) is 0 Å². The highest BCUT2D eigenvalue weighted by molar-refractivity contribution is 6.34. The Morgan fingerprint density at radius 1 is 0.962 bits per heavy atom. The molecule has 0 saturated carbocycles. The van der Waals surface area contributed by atoms with Crippen LogP contribution in [0.4, 0.5) is 5.69 Å². The molecule has 0 saturated heterocycles. The van der Waals surface area contributed by atoms with Gasteiger partial charge < -0.3 is 20.1 Å². The van der Waals surface area contributed by atoms with Crippen LogP contribution in [0.5, 0.6) is 11.5 Å². The molecule has 2 aromatic rings. The summed E-state index contributed by atoms with van der Waals surface area (Å²) in [7, 11) is 0. The van der Waals surface area contributed by atoms with Crippen LogP contribution in [0.3, 0.4) is 0 Å². The van der Waals surface area contributed by atoms with Gasteiger partial charge in [0.15, 0.2) is 13.2 Å². The van der Waals surface area contributed by atoms with Crippen molar-refractivity contribution in [2.24, 2.45) is 0 Å². The van der Waals surface area contributed by atoms with Crippen molar-refractivity contribution >= 4 is 40.7 Å². The summed E-state index contributed by atoms with van der Waals surface area (Å²) < 4.78 is 10.7. The Bertz CT molecular complexity index is 766. The minimum Gasteiger partial charge on any atom is -0.484 e. The molecule has 0 aliphatic heterocycles. The third-order valence-electron chi connectivity index (χ3n) is 3.13. The third-order valence-corrected chi connectivity index (χ3v) is 3.68. The van der Waals surface area contributed by atoms with Gasteiger partial charge in [-0.15, -0.1) is 0 Å². The average molecular weight is 397 g/mol. The van der Waals surface area contributed by atoms with Gasteiger partial charge in [0.2, 0.25) is 0 Å². The van der Waals surface area contributed by atoms with E-state index in [1.165, 1.54) is 6.07 Å². The first kappa shape index (κ1) is 19.9. The van der Waals surface area contributed by atoms with Gasteiger partial charge in [0.25, 0.3) is 11.8 Å². The highest BCUT2D eigenvalue weighted by atomic mass is 35.5. The lowest BCUT2D eigenvalue weighted by molar-refractivity contribution is -0.123. The first-order valence-electron chi connectivity index (χ1n) is 7.85. The molecule has 0 bridgehead atoms. The lowest BCUT2D eigenvalue weighted by Crippen LogP contribution is -2.28. The zero-order chi connectivity index (χ0) is 18.9. The maximum Gasteiger partial charge on any atom is 0.262 e. The van der Waals surface area contributed by atoms with Crippen LogP contribution in [0.25, 0.3) is 0 Å². The fourth-order valence-electron chi connectivity index (χ4n) is 1.96. The van der Waals surface area contributed by atoms with E-state index >= 15 is 0 Å². The van der Waals surface area contributed by atoms with Crippen molar-refractivity contribution in [1.29, 1.82) is 0 Å². The molecule has 0 fully saturated rings. The lowest BCUT2D eigenvalue weighted by atomic mass is 10.3. The first-order chi connectivity index (χ1) is 12.5. The summed E-state index contributed by atoms with van der Waals surface area (Å²) in [6.07, 6.45) is 0. The second-order valence-electron chi connectivity index (χ2n) is 5.18. The van der Waals surface area contributed by atoms with E-state index < -0.39 is 0 Å². The van der Waals surface area contributed by atoms with E-state index in [0.29, 0.717) is 33.8 Å². The molecule has 0 heterocycles. The van der Waals surface area contributed by atoms with Crippen molar-refractivity contribution in [3.05, 3.63) is 52.5 Å². The van der Waals surface area contributed by atoms with Crippen molar-refractivity contribution in [2.45, 2.75) is 6.92 Å². The number of carbonyl (C=O) groups excluding carboxylic acids is 2. The molecule has 0 radical (unpaired) electrons. The molecule has 0 atom stereocenters. The Kier molecular flexibility index (Phi) is 7.56. The number of carbonyl (C=O) groups is 2. The maximum atomic E-state index is 12.0. The van der Waals surface area contributed by atoms with Crippen LogP contribution in [-0.4, -0.2) is 31.6 Å².